The zero-order valence-electron chi connectivity index (χ0n) is 18.9. The summed E-state index contributed by atoms with van der Waals surface area (Å²) in [4.78, 5) is 17.1. The molecule has 2 aromatic carbocycles. The summed E-state index contributed by atoms with van der Waals surface area (Å²) < 4.78 is 7.41. The minimum absolute atomic E-state index is 0.139. The summed E-state index contributed by atoms with van der Waals surface area (Å²) in [5, 5.41) is 12.7. The first-order valence-corrected chi connectivity index (χ1v) is 12.2. The van der Waals surface area contributed by atoms with Gasteiger partial charge in [0.15, 0.2) is 11.0 Å². The summed E-state index contributed by atoms with van der Waals surface area (Å²) in [6.45, 7) is 0.971. The smallest absolute Gasteiger partial charge is 0.251 e. The molecule has 1 N–H and O–H groups in total. The van der Waals surface area contributed by atoms with E-state index in [9.17, 15) is 4.79 Å². The first-order valence-electron chi connectivity index (χ1n) is 11.2. The number of aromatic nitrogens is 4. The summed E-state index contributed by atoms with van der Waals surface area (Å²) in [5.74, 6) is 1.90. The van der Waals surface area contributed by atoms with Crippen LogP contribution in [0.1, 0.15) is 27.2 Å². The molecule has 3 aromatic heterocycles. The Morgan fingerprint density at radius 1 is 0.943 bits per heavy atom. The molecule has 0 atom stereocenters. The molecule has 0 spiro atoms. The third-order valence-corrected chi connectivity index (χ3v) is 6.46. The second-order valence-electron chi connectivity index (χ2n) is 7.83. The van der Waals surface area contributed by atoms with Crippen molar-refractivity contribution in [2.75, 3.05) is 0 Å². The van der Waals surface area contributed by atoms with Crippen LogP contribution in [0.2, 0.25) is 0 Å². The maximum Gasteiger partial charge on any atom is 0.251 e. The third-order valence-electron chi connectivity index (χ3n) is 5.44. The molecule has 5 rings (SSSR count). The predicted molar refractivity (Wildman–Crippen MR) is 135 cm³/mol. The second-order valence-corrected chi connectivity index (χ2v) is 8.77. The standard InChI is InChI=1S/C27H23N5O2S/c33-26(29-17-23-12-7-15-34-23)24-13-5-4-10-22(24)19-35-27-31-30-25(21-11-6-14-28-16-21)32(27)18-20-8-2-1-3-9-20/h1-16H,17-19H2,(H,29,33). The molecule has 8 heteroatoms. The molecule has 0 unspecified atom stereocenters. The zero-order chi connectivity index (χ0) is 23.9. The predicted octanol–water partition coefficient (Wildman–Crippen LogP) is 5.20. The Morgan fingerprint density at radius 2 is 1.80 bits per heavy atom. The number of carbonyl (C=O) groups excluding carboxylic acids is 1. The highest BCUT2D eigenvalue weighted by atomic mass is 32.2. The van der Waals surface area contributed by atoms with Gasteiger partial charge in [-0.05, 0) is 41.5 Å². The average molecular weight is 482 g/mol. The maximum atomic E-state index is 12.9. The minimum Gasteiger partial charge on any atom is -0.467 e. The van der Waals surface area contributed by atoms with Crippen LogP contribution in [-0.4, -0.2) is 25.7 Å². The molecule has 1 amide bonds. The van der Waals surface area contributed by atoms with E-state index in [-0.39, 0.29) is 5.91 Å². The van der Waals surface area contributed by atoms with E-state index in [2.05, 4.69) is 37.2 Å². The van der Waals surface area contributed by atoms with Gasteiger partial charge in [0.25, 0.3) is 5.91 Å². The van der Waals surface area contributed by atoms with Gasteiger partial charge < -0.3 is 9.73 Å². The van der Waals surface area contributed by atoms with Crippen LogP contribution in [0.5, 0.6) is 0 Å². The average Bonchev–Trinajstić information content (AvgIpc) is 3.57. The first-order chi connectivity index (χ1) is 17.3. The molecule has 0 aliphatic rings. The fraction of sp³-hybridized carbons (Fsp3) is 0.111. The second kappa shape index (κ2) is 10.8. The van der Waals surface area contributed by atoms with Crippen LogP contribution in [0.25, 0.3) is 11.4 Å². The van der Waals surface area contributed by atoms with Crippen LogP contribution < -0.4 is 5.32 Å². The lowest BCUT2D eigenvalue weighted by Gasteiger charge is -2.12. The first kappa shape index (κ1) is 22.6. The number of nitrogens with zero attached hydrogens (tertiary/aromatic N) is 4. The molecule has 0 radical (unpaired) electrons. The molecular weight excluding hydrogens is 458 g/mol. The van der Waals surface area contributed by atoms with E-state index in [0.29, 0.717) is 30.2 Å². The van der Waals surface area contributed by atoms with E-state index < -0.39 is 0 Å². The van der Waals surface area contributed by atoms with Crippen molar-refractivity contribution in [1.29, 1.82) is 0 Å². The number of amides is 1. The lowest BCUT2D eigenvalue weighted by atomic mass is 10.1. The number of pyridine rings is 1. The summed E-state index contributed by atoms with van der Waals surface area (Å²) in [6.07, 6.45) is 5.13. The van der Waals surface area contributed by atoms with Gasteiger partial charge in [-0.2, -0.15) is 0 Å². The van der Waals surface area contributed by atoms with Gasteiger partial charge in [-0.1, -0.05) is 60.3 Å². The van der Waals surface area contributed by atoms with E-state index in [1.807, 2.05) is 60.7 Å². The summed E-state index contributed by atoms with van der Waals surface area (Å²) in [5.41, 5.74) is 3.61. The summed E-state index contributed by atoms with van der Waals surface area (Å²) in [7, 11) is 0. The van der Waals surface area contributed by atoms with E-state index in [1.54, 1.807) is 36.5 Å². The molecule has 0 saturated carbocycles. The zero-order valence-corrected chi connectivity index (χ0v) is 19.7. The molecule has 7 nitrogen and oxygen atoms in total. The largest absolute Gasteiger partial charge is 0.467 e. The number of rotatable bonds is 9. The van der Waals surface area contributed by atoms with Gasteiger partial charge >= 0.3 is 0 Å². The number of hydrogen-bond acceptors (Lipinski definition) is 6. The van der Waals surface area contributed by atoms with Crippen molar-refractivity contribution < 1.29 is 9.21 Å². The SMILES string of the molecule is O=C(NCc1ccco1)c1ccccc1CSc1nnc(-c2cccnc2)n1Cc1ccccc1. The lowest BCUT2D eigenvalue weighted by Crippen LogP contribution is -2.23. The fourth-order valence-electron chi connectivity index (χ4n) is 3.70. The Hall–Kier alpha value is -4.17. The van der Waals surface area contributed by atoms with Crippen molar-refractivity contribution in [2.24, 2.45) is 0 Å². The Bertz CT molecular complexity index is 1390. The highest BCUT2D eigenvalue weighted by molar-refractivity contribution is 7.98. The number of benzene rings is 2. The third kappa shape index (κ3) is 5.50. The van der Waals surface area contributed by atoms with Gasteiger partial charge in [0, 0.05) is 29.3 Å². The van der Waals surface area contributed by atoms with E-state index >= 15 is 0 Å². The van der Waals surface area contributed by atoms with Crippen molar-refractivity contribution in [3.63, 3.8) is 0 Å². The van der Waals surface area contributed by atoms with Crippen molar-refractivity contribution in [2.45, 2.75) is 24.0 Å². The highest BCUT2D eigenvalue weighted by Crippen LogP contribution is 2.28. The molecule has 0 fully saturated rings. The number of thioether (sulfide) groups is 1. The number of carbonyl (C=O) groups is 1. The molecule has 5 aromatic rings. The van der Waals surface area contributed by atoms with Gasteiger partial charge in [0.2, 0.25) is 0 Å². The van der Waals surface area contributed by atoms with Gasteiger partial charge in [0.05, 0.1) is 19.4 Å². The molecule has 0 aliphatic heterocycles. The van der Waals surface area contributed by atoms with Crippen molar-refractivity contribution in [3.05, 3.63) is 120 Å². The van der Waals surface area contributed by atoms with Crippen LogP contribution in [0.3, 0.4) is 0 Å². The number of hydrogen-bond donors (Lipinski definition) is 1. The monoisotopic (exact) mass is 481 g/mol. The van der Waals surface area contributed by atoms with Crippen LogP contribution >= 0.6 is 11.8 Å². The van der Waals surface area contributed by atoms with Crippen LogP contribution in [0.4, 0.5) is 0 Å². The van der Waals surface area contributed by atoms with Gasteiger partial charge in [0.1, 0.15) is 5.76 Å². The van der Waals surface area contributed by atoms with E-state index in [4.69, 9.17) is 4.42 Å². The molecule has 0 aliphatic carbocycles. The van der Waals surface area contributed by atoms with Gasteiger partial charge in [-0.15, -0.1) is 10.2 Å². The molecular formula is C27H23N5O2S. The van der Waals surface area contributed by atoms with E-state index in [1.165, 1.54) is 0 Å². The van der Waals surface area contributed by atoms with Crippen LogP contribution in [0.15, 0.2) is 107 Å². The Kier molecular flexibility index (Phi) is 7.00. The van der Waals surface area contributed by atoms with Crippen LogP contribution in [0, 0.1) is 0 Å². The minimum atomic E-state index is -0.139. The summed E-state index contributed by atoms with van der Waals surface area (Å²) >= 11 is 1.55. The topological polar surface area (TPSA) is 85.8 Å². The molecule has 3 heterocycles. The lowest BCUT2D eigenvalue weighted by molar-refractivity contribution is 0.0947. The molecule has 0 bridgehead atoms. The van der Waals surface area contributed by atoms with Crippen LogP contribution in [-0.2, 0) is 18.8 Å². The molecule has 35 heavy (non-hydrogen) atoms. The molecule has 0 saturated heterocycles. The Labute approximate surface area is 207 Å². The van der Waals surface area contributed by atoms with Gasteiger partial charge in [-0.3, -0.25) is 14.3 Å². The fourth-order valence-corrected chi connectivity index (χ4v) is 4.64. The summed E-state index contributed by atoms with van der Waals surface area (Å²) in [6, 6.07) is 25.3. The number of nitrogens with one attached hydrogen (secondary N) is 1. The highest BCUT2D eigenvalue weighted by Gasteiger charge is 2.17. The Balaban J connectivity index is 1.37. The Morgan fingerprint density at radius 3 is 2.60 bits per heavy atom. The maximum absolute atomic E-state index is 12.9. The van der Waals surface area contributed by atoms with Crippen molar-refractivity contribution >= 4 is 17.7 Å². The quantitative estimate of drug-likeness (QED) is 0.291. The molecule has 174 valence electrons. The van der Waals surface area contributed by atoms with Crippen molar-refractivity contribution in [3.8, 4) is 11.4 Å². The number of furan rings is 1. The normalized spacial score (nSPS) is 10.9. The van der Waals surface area contributed by atoms with Gasteiger partial charge in [-0.25, -0.2) is 0 Å². The van der Waals surface area contributed by atoms with E-state index in [0.717, 1.165) is 27.7 Å². The van der Waals surface area contributed by atoms with Crippen molar-refractivity contribution in [1.82, 2.24) is 25.1 Å².